The van der Waals surface area contributed by atoms with Gasteiger partial charge in [0, 0.05) is 5.69 Å². The molecule has 7 nitrogen and oxygen atoms in total. The van der Waals surface area contributed by atoms with Crippen molar-refractivity contribution in [2.75, 3.05) is 22.5 Å². The average molecular weight is 412 g/mol. The van der Waals surface area contributed by atoms with E-state index in [1.807, 2.05) is 38.1 Å². The normalized spacial score (nSPS) is 15.2. The van der Waals surface area contributed by atoms with Gasteiger partial charge in [0.1, 0.15) is 6.33 Å². The van der Waals surface area contributed by atoms with Crippen LogP contribution in [0.5, 0.6) is 0 Å². The fraction of sp³-hybridized carbons (Fsp3) is 0.273. The highest BCUT2D eigenvalue weighted by atomic mass is 19.1. The molecule has 1 aliphatic heterocycles. The lowest BCUT2D eigenvalue weighted by molar-refractivity contribution is 0.663. The summed E-state index contributed by atoms with van der Waals surface area (Å²) in [7, 11) is 0. The van der Waals surface area contributed by atoms with Gasteiger partial charge in [0.25, 0.3) is 0 Å². The molecule has 2 heterocycles. The maximum absolute atomic E-state index is 13.0. The molecule has 1 unspecified atom stereocenters. The topological polar surface area (TPSA) is 99.9 Å². The van der Waals surface area contributed by atoms with Crippen molar-refractivity contribution in [1.82, 2.24) is 15.3 Å². The fourth-order valence-corrected chi connectivity index (χ4v) is 2.56. The third kappa shape index (κ3) is 6.89. The summed E-state index contributed by atoms with van der Waals surface area (Å²) in [5.41, 5.74) is 8.13. The third-order valence-corrected chi connectivity index (χ3v) is 4.00. The summed E-state index contributed by atoms with van der Waals surface area (Å²) in [5.74, 6) is 1.13. The molecule has 2 aromatic rings. The van der Waals surface area contributed by atoms with Gasteiger partial charge in [0.2, 0.25) is 5.95 Å². The first-order valence-corrected chi connectivity index (χ1v) is 9.95. The number of benzene rings is 1. The van der Waals surface area contributed by atoms with Crippen LogP contribution < -0.4 is 27.0 Å². The Kier molecular flexibility index (Phi) is 9.33. The van der Waals surface area contributed by atoms with E-state index in [0.717, 1.165) is 24.3 Å². The van der Waals surface area contributed by atoms with Gasteiger partial charge in [-0.2, -0.15) is 4.98 Å². The molecular weight excluding hydrogens is 381 g/mol. The lowest BCUT2D eigenvalue weighted by atomic mass is 10.1. The van der Waals surface area contributed by atoms with Crippen LogP contribution in [0.15, 0.2) is 66.8 Å². The van der Waals surface area contributed by atoms with E-state index in [9.17, 15) is 4.39 Å². The van der Waals surface area contributed by atoms with Crippen molar-refractivity contribution in [2.24, 2.45) is 5.73 Å². The van der Waals surface area contributed by atoms with E-state index in [-0.39, 0.29) is 6.29 Å². The highest BCUT2D eigenvalue weighted by molar-refractivity contribution is 5.71. The number of rotatable bonds is 7. The van der Waals surface area contributed by atoms with Crippen LogP contribution in [0.25, 0.3) is 0 Å². The second kappa shape index (κ2) is 12.2. The van der Waals surface area contributed by atoms with Crippen molar-refractivity contribution >= 4 is 23.1 Å². The van der Waals surface area contributed by atoms with Gasteiger partial charge in [-0.1, -0.05) is 44.2 Å². The van der Waals surface area contributed by atoms with Crippen LogP contribution in [0.1, 0.15) is 26.3 Å². The molecule has 0 fully saturated rings. The second-order valence-electron chi connectivity index (χ2n) is 6.35. The predicted octanol–water partition coefficient (Wildman–Crippen LogP) is 4.40. The zero-order chi connectivity index (χ0) is 21.8. The minimum atomic E-state index is -0.384. The molecule has 6 N–H and O–H groups in total. The largest absolute Gasteiger partial charge is 0.347 e. The first-order chi connectivity index (χ1) is 14.6. The maximum atomic E-state index is 13.0. The summed E-state index contributed by atoms with van der Waals surface area (Å²) >= 11 is 0. The Morgan fingerprint density at radius 3 is 2.57 bits per heavy atom. The Labute approximate surface area is 177 Å². The van der Waals surface area contributed by atoms with E-state index in [1.54, 1.807) is 18.3 Å². The van der Waals surface area contributed by atoms with E-state index in [1.165, 1.54) is 5.56 Å². The Hall–Kier alpha value is -3.39. The Balaban J connectivity index is 0.00000101. The van der Waals surface area contributed by atoms with Gasteiger partial charge in [-0.05, 0) is 43.7 Å². The van der Waals surface area contributed by atoms with Crippen molar-refractivity contribution < 1.29 is 4.39 Å². The molecule has 30 heavy (non-hydrogen) atoms. The summed E-state index contributed by atoms with van der Waals surface area (Å²) in [6.45, 7) is 6.67. The number of aryl methyl sites for hydroxylation is 1. The Morgan fingerprint density at radius 2 is 1.93 bits per heavy atom. The number of anilines is 4. The smallest absolute Gasteiger partial charge is 0.229 e. The fourth-order valence-electron chi connectivity index (χ4n) is 2.56. The number of allylic oxidation sites excluding steroid dienone is 4. The minimum absolute atomic E-state index is 0.341. The number of hydrogen-bond acceptors (Lipinski definition) is 7. The molecule has 1 aliphatic rings. The summed E-state index contributed by atoms with van der Waals surface area (Å²) < 4.78 is 13.0. The Bertz CT molecular complexity index is 876. The summed E-state index contributed by atoms with van der Waals surface area (Å²) in [6, 6.07) is 8.14. The first-order valence-electron chi connectivity index (χ1n) is 9.95. The van der Waals surface area contributed by atoms with Gasteiger partial charge >= 0.3 is 0 Å². The molecule has 8 heteroatoms. The molecule has 1 aromatic carbocycles. The molecular formula is C22H30FN7. The number of fused-ring (bicyclic) bond motifs is 1. The number of nitrogens with one attached hydrogen (secondary N) is 4. The molecule has 3 rings (SSSR count). The van der Waals surface area contributed by atoms with Crippen LogP contribution in [0, 0.1) is 0 Å². The monoisotopic (exact) mass is 411 g/mol. The van der Waals surface area contributed by atoms with Gasteiger partial charge in [0.05, 0.1) is 17.6 Å². The quantitative estimate of drug-likeness (QED) is 0.431. The van der Waals surface area contributed by atoms with Crippen LogP contribution >= 0.6 is 0 Å². The molecule has 0 bridgehead atoms. The Morgan fingerprint density at radius 1 is 1.20 bits per heavy atom. The van der Waals surface area contributed by atoms with Crippen LogP contribution in [-0.4, -0.2) is 22.8 Å². The molecule has 1 atom stereocenters. The first kappa shape index (κ1) is 22.9. The average Bonchev–Trinajstić information content (AvgIpc) is 3.16. The minimum Gasteiger partial charge on any atom is -0.347 e. The number of aromatic nitrogens is 2. The van der Waals surface area contributed by atoms with E-state index in [0.29, 0.717) is 23.8 Å². The van der Waals surface area contributed by atoms with Gasteiger partial charge in [-0.15, -0.1) is 0 Å². The lowest BCUT2D eigenvalue weighted by Gasteiger charge is -2.15. The summed E-state index contributed by atoms with van der Waals surface area (Å²) in [4.78, 5) is 8.79. The lowest BCUT2D eigenvalue weighted by Crippen LogP contribution is -2.37. The van der Waals surface area contributed by atoms with E-state index in [4.69, 9.17) is 5.73 Å². The van der Waals surface area contributed by atoms with Crippen LogP contribution in [0.2, 0.25) is 0 Å². The molecule has 0 spiro atoms. The highest BCUT2D eigenvalue weighted by Gasteiger charge is 2.21. The summed E-state index contributed by atoms with van der Waals surface area (Å²) in [5, 5.41) is 12.5. The SMILES string of the molecule is CCN.C\C=C/C=C\C(=C\F)NC1Nc2cnc(Nc3ccc(CC)cc3)nc2N1. The molecule has 0 radical (unpaired) electrons. The van der Waals surface area contributed by atoms with Crippen molar-refractivity contribution in [2.45, 2.75) is 33.5 Å². The second-order valence-corrected chi connectivity index (χ2v) is 6.35. The molecule has 160 valence electrons. The van der Waals surface area contributed by atoms with Crippen LogP contribution in [0.4, 0.5) is 27.5 Å². The zero-order valence-electron chi connectivity index (χ0n) is 17.6. The molecule has 0 saturated carbocycles. The number of nitrogens with zero attached hydrogens (tertiary/aromatic N) is 2. The van der Waals surface area contributed by atoms with E-state index < -0.39 is 0 Å². The summed E-state index contributed by atoms with van der Waals surface area (Å²) in [6.07, 6.45) is 9.92. The van der Waals surface area contributed by atoms with E-state index in [2.05, 4.69) is 50.3 Å². The number of halogens is 1. The number of hydrogen-bond donors (Lipinski definition) is 5. The van der Waals surface area contributed by atoms with Crippen molar-refractivity contribution in [3.63, 3.8) is 0 Å². The van der Waals surface area contributed by atoms with Crippen LogP contribution in [-0.2, 0) is 6.42 Å². The van der Waals surface area contributed by atoms with Crippen LogP contribution in [0.3, 0.4) is 0 Å². The molecule has 0 aliphatic carbocycles. The third-order valence-electron chi connectivity index (χ3n) is 4.00. The van der Waals surface area contributed by atoms with Crippen molar-refractivity contribution in [3.8, 4) is 0 Å². The maximum Gasteiger partial charge on any atom is 0.229 e. The van der Waals surface area contributed by atoms with Gasteiger partial charge in [-0.3, -0.25) is 0 Å². The number of nitrogens with two attached hydrogens (primary N) is 1. The molecule has 0 saturated heterocycles. The van der Waals surface area contributed by atoms with Gasteiger partial charge in [0.15, 0.2) is 12.1 Å². The highest BCUT2D eigenvalue weighted by Crippen LogP contribution is 2.27. The van der Waals surface area contributed by atoms with E-state index >= 15 is 0 Å². The van der Waals surface area contributed by atoms with Crippen molar-refractivity contribution in [1.29, 1.82) is 0 Å². The van der Waals surface area contributed by atoms with Gasteiger partial charge < -0.3 is 27.0 Å². The van der Waals surface area contributed by atoms with Crippen molar-refractivity contribution in [3.05, 3.63) is 72.4 Å². The zero-order valence-corrected chi connectivity index (χ0v) is 17.6. The standard InChI is InChI=1S/C20H23FN6.C2H7N/c1-3-5-6-7-16(12-21)24-20-25-17-13-22-19(26-18(17)27-20)23-15-10-8-14(4-2)9-11-15;1-2-3/h3,5-13,20,24-25H,4H2,1-2H3,(H2,22,23,26,27);2-3H2,1H3/b5-3-,7-6-,16-12-;. The molecule has 1 aromatic heterocycles. The predicted molar refractivity (Wildman–Crippen MR) is 123 cm³/mol. The van der Waals surface area contributed by atoms with Gasteiger partial charge in [-0.25, -0.2) is 9.37 Å². The molecule has 0 amide bonds.